The topological polar surface area (TPSA) is 88.2 Å². The molecule has 0 spiro atoms. The van der Waals surface area contributed by atoms with E-state index in [1.165, 1.54) is 5.01 Å². The van der Waals surface area contributed by atoms with Gasteiger partial charge < -0.3 is 15.2 Å². The summed E-state index contributed by atoms with van der Waals surface area (Å²) in [6.45, 7) is 5.64. The van der Waals surface area contributed by atoms with E-state index < -0.39 is 5.97 Å². The third-order valence-corrected chi connectivity index (χ3v) is 3.23. The van der Waals surface area contributed by atoms with Crippen LogP contribution in [0.4, 0.5) is 0 Å². The highest BCUT2D eigenvalue weighted by molar-refractivity contribution is 5.70. The molecule has 1 rings (SSSR count). The van der Waals surface area contributed by atoms with Gasteiger partial charge in [0.15, 0.2) is 0 Å². The quantitative estimate of drug-likeness (QED) is 0.472. The Morgan fingerprint density at radius 3 is 2.56 bits per heavy atom. The summed E-state index contributed by atoms with van der Waals surface area (Å²) in [6.07, 6.45) is 1.32. The molecule has 0 heterocycles. The lowest BCUT2D eigenvalue weighted by Crippen LogP contribution is -2.42. The summed E-state index contributed by atoms with van der Waals surface area (Å²) in [5, 5.41) is 25.3. The molecule has 1 N–H and O–H groups in total. The average molecular weight is 259 g/mol. The lowest BCUT2D eigenvalue weighted by atomic mass is 10.1. The van der Waals surface area contributed by atoms with Crippen molar-refractivity contribution >= 4 is 5.97 Å². The van der Waals surface area contributed by atoms with Crippen LogP contribution in [-0.2, 0) is 9.63 Å². The number of rotatable bonds is 4. The smallest absolute Gasteiger partial charge is 0.306 e. The predicted octanol–water partition coefficient (Wildman–Crippen LogP) is 1.78. The van der Waals surface area contributed by atoms with Crippen molar-refractivity contribution < 1.29 is 19.7 Å². The van der Waals surface area contributed by atoms with Crippen LogP contribution in [0.25, 0.3) is 0 Å². The summed E-state index contributed by atoms with van der Waals surface area (Å²) in [6, 6.07) is 0. The Morgan fingerprint density at radius 2 is 2.11 bits per heavy atom. The maximum absolute atomic E-state index is 11.6. The van der Waals surface area contributed by atoms with Crippen molar-refractivity contribution in [2.24, 2.45) is 11.2 Å². The van der Waals surface area contributed by atoms with E-state index in [4.69, 9.17) is 9.94 Å². The van der Waals surface area contributed by atoms with Crippen LogP contribution >= 0.6 is 0 Å². The summed E-state index contributed by atoms with van der Waals surface area (Å²) in [7, 11) is 1.62. The SMILES string of the molecule is CN(/[N+]([O-])=N/O[C@H]1CC[C@H](C(=O)O)C1)C(C)(C)C. The van der Waals surface area contributed by atoms with Crippen molar-refractivity contribution in [2.75, 3.05) is 7.05 Å². The fraction of sp³-hybridized carbons (Fsp3) is 0.909. The second-order valence-electron chi connectivity index (χ2n) is 5.60. The molecule has 18 heavy (non-hydrogen) atoms. The van der Waals surface area contributed by atoms with Crippen molar-refractivity contribution in [3.63, 3.8) is 0 Å². The molecule has 0 aromatic rings. The first-order valence-corrected chi connectivity index (χ1v) is 6.02. The maximum atomic E-state index is 11.6. The largest absolute Gasteiger partial charge is 0.569 e. The lowest BCUT2D eigenvalue weighted by Gasteiger charge is -2.26. The summed E-state index contributed by atoms with van der Waals surface area (Å²) in [4.78, 5) is 16.3. The van der Waals surface area contributed by atoms with E-state index in [1.807, 2.05) is 20.8 Å². The molecule has 1 aliphatic rings. The van der Waals surface area contributed by atoms with Crippen LogP contribution in [0.3, 0.4) is 0 Å². The van der Waals surface area contributed by atoms with Crippen LogP contribution in [-0.4, -0.2) is 39.7 Å². The van der Waals surface area contributed by atoms with Crippen LogP contribution in [0.15, 0.2) is 5.28 Å². The Kier molecular flexibility index (Phi) is 4.37. The van der Waals surface area contributed by atoms with E-state index in [0.29, 0.717) is 24.2 Å². The molecule has 0 saturated heterocycles. The van der Waals surface area contributed by atoms with Gasteiger partial charge in [-0.05, 0) is 33.6 Å². The number of carboxylic acid groups (broad SMARTS) is 1. The van der Waals surface area contributed by atoms with Crippen LogP contribution in [0.5, 0.6) is 0 Å². The molecular weight excluding hydrogens is 238 g/mol. The number of nitrogens with zero attached hydrogens (tertiary/aromatic N) is 3. The Balaban J connectivity index is 2.48. The molecule has 0 unspecified atom stereocenters. The molecule has 1 fully saturated rings. The third-order valence-electron chi connectivity index (χ3n) is 3.23. The molecule has 0 aliphatic heterocycles. The minimum atomic E-state index is -0.813. The van der Waals surface area contributed by atoms with E-state index in [1.54, 1.807) is 7.05 Å². The van der Waals surface area contributed by atoms with Gasteiger partial charge in [-0.15, -0.1) is 5.01 Å². The predicted molar refractivity (Wildman–Crippen MR) is 63.4 cm³/mol. The van der Waals surface area contributed by atoms with Gasteiger partial charge >= 0.3 is 5.97 Å². The maximum Gasteiger partial charge on any atom is 0.306 e. The normalized spacial score (nSPS) is 25.0. The first-order chi connectivity index (χ1) is 8.21. The molecule has 0 aromatic carbocycles. The molecule has 104 valence electrons. The van der Waals surface area contributed by atoms with Gasteiger partial charge in [0.1, 0.15) is 6.10 Å². The fourth-order valence-corrected chi connectivity index (χ4v) is 1.68. The zero-order valence-electron chi connectivity index (χ0n) is 11.3. The monoisotopic (exact) mass is 259 g/mol. The molecular formula is C11H21N3O4. The minimum absolute atomic E-state index is 0.282. The van der Waals surface area contributed by atoms with Gasteiger partial charge in [-0.1, -0.05) is 0 Å². The van der Waals surface area contributed by atoms with Gasteiger partial charge in [-0.25, -0.2) is 0 Å². The van der Waals surface area contributed by atoms with Gasteiger partial charge in [0, 0.05) is 6.42 Å². The number of hydrogen-bond acceptors (Lipinski definition) is 4. The summed E-state index contributed by atoms with van der Waals surface area (Å²) in [5.74, 6) is -1.20. The van der Waals surface area contributed by atoms with Gasteiger partial charge in [-0.3, -0.25) is 4.79 Å². The number of carbonyl (C=O) groups is 1. The number of carboxylic acids is 1. The van der Waals surface area contributed by atoms with Crippen LogP contribution in [0.2, 0.25) is 0 Å². The van der Waals surface area contributed by atoms with Gasteiger partial charge in [0.2, 0.25) is 5.28 Å². The number of aliphatic carboxylic acids is 1. The molecule has 0 aromatic heterocycles. The Hall–Kier alpha value is -1.53. The molecule has 0 amide bonds. The first-order valence-electron chi connectivity index (χ1n) is 6.02. The van der Waals surface area contributed by atoms with Crippen molar-refractivity contribution in [3.8, 4) is 0 Å². The van der Waals surface area contributed by atoms with Gasteiger partial charge in [-0.2, -0.15) is 0 Å². The minimum Gasteiger partial charge on any atom is -0.569 e. The van der Waals surface area contributed by atoms with Crippen molar-refractivity contribution in [1.29, 1.82) is 0 Å². The third kappa shape index (κ3) is 3.75. The molecule has 0 bridgehead atoms. The number of hydrogen-bond donors (Lipinski definition) is 1. The molecule has 2 atom stereocenters. The molecule has 7 nitrogen and oxygen atoms in total. The van der Waals surface area contributed by atoms with Crippen molar-refractivity contribution in [2.45, 2.75) is 51.7 Å². The highest BCUT2D eigenvalue weighted by Gasteiger charge is 2.32. The number of hydrazine groups is 1. The zero-order chi connectivity index (χ0) is 13.9. The Bertz CT molecular complexity index is 338. The van der Waals surface area contributed by atoms with Crippen molar-refractivity contribution in [3.05, 3.63) is 5.21 Å². The standard InChI is InChI=1S/C11H21N3O4/c1-11(2,3)13(4)14(17)12-18-9-6-5-8(7-9)10(15)16/h8-9H,5-7H2,1-4H3,(H,15,16)/b14-12-/t8-,9-/m0/s1. The molecule has 0 radical (unpaired) electrons. The summed E-state index contributed by atoms with van der Waals surface area (Å²) in [5.41, 5.74) is -0.353. The van der Waals surface area contributed by atoms with E-state index >= 15 is 0 Å². The Morgan fingerprint density at radius 1 is 1.50 bits per heavy atom. The zero-order valence-corrected chi connectivity index (χ0v) is 11.3. The summed E-state index contributed by atoms with van der Waals surface area (Å²) < 4.78 is 0. The second kappa shape index (κ2) is 5.41. The molecule has 1 saturated carbocycles. The molecule has 7 heteroatoms. The fourth-order valence-electron chi connectivity index (χ4n) is 1.68. The van der Waals surface area contributed by atoms with Crippen LogP contribution in [0, 0.1) is 11.1 Å². The lowest BCUT2D eigenvalue weighted by molar-refractivity contribution is -0.720. The van der Waals surface area contributed by atoms with Crippen LogP contribution < -0.4 is 0 Å². The van der Waals surface area contributed by atoms with E-state index in [9.17, 15) is 10.0 Å². The van der Waals surface area contributed by atoms with E-state index in [0.717, 1.165) is 0 Å². The van der Waals surface area contributed by atoms with Gasteiger partial charge in [0.05, 0.1) is 23.5 Å². The summed E-state index contributed by atoms with van der Waals surface area (Å²) >= 11 is 0. The second-order valence-corrected chi connectivity index (χ2v) is 5.60. The average Bonchev–Trinajstić information content (AvgIpc) is 2.72. The van der Waals surface area contributed by atoms with E-state index in [-0.39, 0.29) is 17.6 Å². The highest BCUT2D eigenvalue weighted by Crippen LogP contribution is 2.28. The Labute approximate surface area is 107 Å². The molecule has 1 aliphatic carbocycles. The van der Waals surface area contributed by atoms with Gasteiger partial charge in [0.25, 0.3) is 0 Å². The van der Waals surface area contributed by atoms with Crippen LogP contribution in [0.1, 0.15) is 40.0 Å². The first kappa shape index (κ1) is 14.5. The van der Waals surface area contributed by atoms with E-state index in [2.05, 4.69) is 5.28 Å². The van der Waals surface area contributed by atoms with Crippen molar-refractivity contribution in [1.82, 2.24) is 5.01 Å². The highest BCUT2D eigenvalue weighted by atomic mass is 16.7.